The van der Waals surface area contributed by atoms with Gasteiger partial charge in [0.25, 0.3) is 0 Å². The van der Waals surface area contributed by atoms with Crippen LogP contribution in [0.1, 0.15) is 285 Å². The van der Waals surface area contributed by atoms with Crippen molar-refractivity contribution in [1.82, 2.24) is 0 Å². The monoisotopic (exact) mass is 807 g/mol. The molecule has 0 unspecified atom stereocenters. The van der Waals surface area contributed by atoms with Crippen LogP contribution in [0.15, 0.2) is 0 Å². The molecule has 1 atom stereocenters. The molecule has 0 bridgehead atoms. The van der Waals surface area contributed by atoms with E-state index in [2.05, 4.69) is 27.7 Å². The van der Waals surface area contributed by atoms with Crippen molar-refractivity contribution < 1.29 is 28.6 Å². The average molecular weight is 807 g/mol. The number of rotatable bonds is 46. The zero-order valence-corrected chi connectivity index (χ0v) is 38.8. The highest BCUT2D eigenvalue weighted by molar-refractivity contribution is 5.71. The Morgan fingerprint density at radius 1 is 0.333 bits per heavy atom. The molecule has 0 aliphatic rings. The van der Waals surface area contributed by atoms with Crippen molar-refractivity contribution in [3.63, 3.8) is 0 Å². The lowest BCUT2D eigenvalue weighted by Gasteiger charge is -2.18. The minimum absolute atomic E-state index is 0.0631. The summed E-state index contributed by atoms with van der Waals surface area (Å²) in [7, 11) is 0. The highest BCUT2D eigenvalue weighted by Gasteiger charge is 2.19. The quantitative estimate of drug-likeness (QED) is 0.0346. The summed E-state index contributed by atoms with van der Waals surface area (Å²) in [5, 5.41) is 0. The molecule has 0 radical (unpaired) electrons. The maximum Gasteiger partial charge on any atom is 0.306 e. The third-order valence-electron chi connectivity index (χ3n) is 11.5. The highest BCUT2D eigenvalue weighted by atomic mass is 16.6. The van der Waals surface area contributed by atoms with Crippen LogP contribution in [0.5, 0.6) is 0 Å². The van der Waals surface area contributed by atoms with Gasteiger partial charge in [0.2, 0.25) is 0 Å². The van der Waals surface area contributed by atoms with Gasteiger partial charge in [0.1, 0.15) is 13.2 Å². The molecule has 0 aliphatic heterocycles. The summed E-state index contributed by atoms with van der Waals surface area (Å²) >= 11 is 0. The molecule has 0 heterocycles. The number of hydrogen-bond donors (Lipinski definition) is 0. The molecule has 0 amide bonds. The topological polar surface area (TPSA) is 78.9 Å². The fourth-order valence-electron chi connectivity index (χ4n) is 7.69. The molecule has 0 aromatic heterocycles. The predicted molar refractivity (Wildman–Crippen MR) is 243 cm³/mol. The molecule has 57 heavy (non-hydrogen) atoms. The van der Waals surface area contributed by atoms with Gasteiger partial charge in [-0.1, -0.05) is 246 Å². The van der Waals surface area contributed by atoms with Gasteiger partial charge >= 0.3 is 17.9 Å². The Kier molecular flexibility index (Phi) is 44.2. The Bertz CT molecular complexity index is 857. The molecule has 0 N–H and O–H groups in total. The van der Waals surface area contributed by atoms with E-state index in [4.69, 9.17) is 14.2 Å². The van der Waals surface area contributed by atoms with Crippen LogP contribution < -0.4 is 0 Å². The first-order valence-corrected chi connectivity index (χ1v) is 25.4. The molecule has 6 nitrogen and oxygen atoms in total. The number of carbonyl (C=O) groups excluding carboxylic acids is 3. The van der Waals surface area contributed by atoms with E-state index in [0.717, 1.165) is 63.7 Å². The zero-order chi connectivity index (χ0) is 41.7. The van der Waals surface area contributed by atoms with E-state index in [1.54, 1.807) is 0 Å². The summed E-state index contributed by atoms with van der Waals surface area (Å²) in [5.74, 6) is -0.0380. The van der Waals surface area contributed by atoms with Crippen LogP contribution in [0, 0.1) is 5.92 Å². The summed E-state index contributed by atoms with van der Waals surface area (Å²) in [5.41, 5.74) is 0. The molecule has 0 rings (SSSR count). The SMILES string of the molecule is CCCCCCCCCCCCCCCCCC(=O)O[C@H](COC(=O)CCCCCCCCCCCCCC)COC(=O)CCCCCCCCCCCC(C)C. The van der Waals surface area contributed by atoms with Crippen LogP contribution in [0.2, 0.25) is 0 Å². The smallest absolute Gasteiger partial charge is 0.306 e. The molecule has 338 valence electrons. The average Bonchev–Trinajstić information content (AvgIpc) is 3.19. The second-order valence-corrected chi connectivity index (χ2v) is 17.9. The minimum atomic E-state index is -0.760. The van der Waals surface area contributed by atoms with Crippen molar-refractivity contribution in [2.24, 2.45) is 5.92 Å². The second-order valence-electron chi connectivity index (χ2n) is 17.9. The van der Waals surface area contributed by atoms with E-state index in [1.165, 1.54) is 180 Å². The molecule has 0 saturated heterocycles. The zero-order valence-electron chi connectivity index (χ0n) is 38.8. The number of carbonyl (C=O) groups is 3. The van der Waals surface area contributed by atoms with Gasteiger partial charge in [0.05, 0.1) is 0 Å². The van der Waals surface area contributed by atoms with Gasteiger partial charge in [-0.2, -0.15) is 0 Å². The summed E-state index contributed by atoms with van der Waals surface area (Å²) < 4.78 is 16.8. The summed E-state index contributed by atoms with van der Waals surface area (Å²) in [6, 6.07) is 0. The molecular weight excluding hydrogens is 709 g/mol. The van der Waals surface area contributed by atoms with E-state index in [1.807, 2.05) is 0 Å². The maximum atomic E-state index is 12.8. The lowest BCUT2D eigenvalue weighted by molar-refractivity contribution is -0.167. The van der Waals surface area contributed by atoms with Crippen LogP contribution in [0.4, 0.5) is 0 Å². The number of ether oxygens (including phenoxy) is 3. The molecule has 0 fully saturated rings. The van der Waals surface area contributed by atoms with Gasteiger partial charge in [-0.15, -0.1) is 0 Å². The standard InChI is InChI=1S/C51H98O6/c1-5-7-9-11-13-15-17-19-20-21-23-27-32-36-40-44-51(54)57-48(45-55-49(52)42-38-34-30-26-22-18-16-14-12-10-8-6-2)46-56-50(53)43-39-35-31-28-24-25-29-33-37-41-47(3)4/h47-48H,5-46H2,1-4H3/t48-/m1/s1. The van der Waals surface area contributed by atoms with Crippen LogP contribution in [-0.4, -0.2) is 37.2 Å². The van der Waals surface area contributed by atoms with Crippen molar-refractivity contribution in [2.75, 3.05) is 13.2 Å². The van der Waals surface area contributed by atoms with Crippen molar-refractivity contribution >= 4 is 17.9 Å². The van der Waals surface area contributed by atoms with Crippen molar-refractivity contribution in [2.45, 2.75) is 291 Å². The van der Waals surface area contributed by atoms with Gasteiger partial charge in [-0.25, -0.2) is 0 Å². The largest absolute Gasteiger partial charge is 0.462 e. The van der Waals surface area contributed by atoms with E-state index < -0.39 is 6.10 Å². The first-order chi connectivity index (χ1) is 27.9. The normalized spacial score (nSPS) is 11.9. The van der Waals surface area contributed by atoms with Crippen LogP contribution in [-0.2, 0) is 28.6 Å². The molecule has 0 aromatic rings. The Balaban J connectivity index is 4.31. The third-order valence-corrected chi connectivity index (χ3v) is 11.5. The molecule has 0 aliphatic carbocycles. The van der Waals surface area contributed by atoms with Gasteiger partial charge in [0.15, 0.2) is 6.10 Å². The lowest BCUT2D eigenvalue weighted by atomic mass is 10.0. The molecule has 0 aromatic carbocycles. The van der Waals surface area contributed by atoms with Gasteiger partial charge in [-0.3, -0.25) is 14.4 Å². The summed E-state index contributed by atoms with van der Waals surface area (Å²) in [6.07, 6.45) is 46.5. The van der Waals surface area contributed by atoms with Crippen molar-refractivity contribution in [1.29, 1.82) is 0 Å². The van der Waals surface area contributed by atoms with E-state index >= 15 is 0 Å². The fourth-order valence-corrected chi connectivity index (χ4v) is 7.69. The van der Waals surface area contributed by atoms with Gasteiger partial charge in [0, 0.05) is 19.3 Å². The first kappa shape index (κ1) is 55.4. The van der Waals surface area contributed by atoms with Crippen molar-refractivity contribution in [3.8, 4) is 0 Å². The van der Waals surface area contributed by atoms with E-state index in [-0.39, 0.29) is 31.1 Å². The maximum absolute atomic E-state index is 12.8. The Morgan fingerprint density at radius 2 is 0.579 bits per heavy atom. The molecular formula is C51H98O6. The summed E-state index contributed by atoms with van der Waals surface area (Å²) in [6.45, 7) is 9.00. The van der Waals surface area contributed by atoms with E-state index in [0.29, 0.717) is 19.3 Å². The third kappa shape index (κ3) is 45.3. The summed E-state index contributed by atoms with van der Waals surface area (Å²) in [4.78, 5) is 37.9. The second kappa shape index (κ2) is 45.5. The number of esters is 3. The minimum Gasteiger partial charge on any atom is -0.462 e. The fraction of sp³-hybridized carbons (Fsp3) is 0.941. The predicted octanol–water partition coefficient (Wildman–Crippen LogP) is 16.3. The molecule has 0 saturated carbocycles. The highest BCUT2D eigenvalue weighted by Crippen LogP contribution is 2.17. The Hall–Kier alpha value is -1.59. The first-order valence-electron chi connectivity index (χ1n) is 25.4. The van der Waals surface area contributed by atoms with Crippen LogP contribution >= 0.6 is 0 Å². The van der Waals surface area contributed by atoms with Crippen LogP contribution in [0.3, 0.4) is 0 Å². The molecule has 0 spiro atoms. The van der Waals surface area contributed by atoms with Crippen molar-refractivity contribution in [3.05, 3.63) is 0 Å². The molecule has 6 heteroatoms. The lowest BCUT2D eigenvalue weighted by Crippen LogP contribution is -2.30. The van der Waals surface area contributed by atoms with Crippen LogP contribution in [0.25, 0.3) is 0 Å². The number of unbranched alkanes of at least 4 members (excludes halogenated alkanes) is 33. The van der Waals surface area contributed by atoms with Gasteiger partial charge < -0.3 is 14.2 Å². The Morgan fingerprint density at radius 3 is 0.860 bits per heavy atom. The Labute approximate surface area is 355 Å². The van der Waals surface area contributed by atoms with E-state index in [9.17, 15) is 14.4 Å². The number of hydrogen-bond acceptors (Lipinski definition) is 6. The van der Waals surface area contributed by atoms with Gasteiger partial charge in [-0.05, 0) is 25.2 Å².